The van der Waals surface area contributed by atoms with E-state index in [0.29, 0.717) is 45.1 Å². The van der Waals surface area contributed by atoms with Gasteiger partial charge in [0.15, 0.2) is 0 Å². The van der Waals surface area contributed by atoms with E-state index in [1.54, 1.807) is 36.5 Å². The summed E-state index contributed by atoms with van der Waals surface area (Å²) in [6.07, 6.45) is 2.38. The summed E-state index contributed by atoms with van der Waals surface area (Å²) in [4.78, 5) is 23.8. The molecule has 0 spiro atoms. The Hall–Kier alpha value is -2.48. The average molecular weight is 507 g/mol. The van der Waals surface area contributed by atoms with Crippen molar-refractivity contribution in [1.29, 1.82) is 0 Å². The van der Waals surface area contributed by atoms with Gasteiger partial charge in [0.2, 0.25) is 0 Å². The van der Waals surface area contributed by atoms with Crippen molar-refractivity contribution < 1.29 is 14.3 Å². The number of hydrogen-bond acceptors (Lipinski definition) is 6. The van der Waals surface area contributed by atoms with Crippen molar-refractivity contribution in [3.05, 3.63) is 74.1 Å². The molecule has 0 amide bonds. The average Bonchev–Trinajstić information content (AvgIpc) is 2.75. The zero-order valence-electron chi connectivity index (χ0n) is 18.7. The van der Waals surface area contributed by atoms with E-state index in [4.69, 9.17) is 32.7 Å². The van der Waals surface area contributed by atoms with Crippen LogP contribution in [0.5, 0.6) is 17.2 Å². The van der Waals surface area contributed by atoms with Crippen molar-refractivity contribution in [1.82, 2.24) is 9.78 Å². The van der Waals surface area contributed by atoms with Crippen LogP contribution in [0.15, 0.2) is 52.3 Å². The highest BCUT2D eigenvalue weighted by Gasteiger charge is 2.19. The van der Waals surface area contributed by atoms with Crippen molar-refractivity contribution in [3.8, 4) is 17.2 Å². The lowest BCUT2D eigenvalue weighted by Gasteiger charge is -2.21. The Bertz CT molecular complexity index is 1180. The molecular weight excluding hydrogens is 483 g/mol. The molecule has 174 valence electrons. The molecule has 1 heterocycles. The standard InChI is InChI=1S/C24H24Cl2N2O4S/c1-15-11-18(32-17-7-5-16(14-29)6-8-17)12-19(25)22(15)31-9-10-33-20-13-27-28(24(2,3)4)23(30)21(20)26/h5-8,11-14H,9-10H2,1-4H3. The highest BCUT2D eigenvalue weighted by Crippen LogP contribution is 2.35. The van der Waals surface area contributed by atoms with E-state index in [9.17, 15) is 9.59 Å². The molecule has 3 aromatic rings. The fourth-order valence-electron chi connectivity index (χ4n) is 2.98. The zero-order chi connectivity index (χ0) is 24.2. The van der Waals surface area contributed by atoms with Crippen LogP contribution in [0.2, 0.25) is 10.0 Å². The highest BCUT2D eigenvalue weighted by molar-refractivity contribution is 7.99. The molecule has 0 aliphatic carbocycles. The first kappa shape index (κ1) is 25.1. The molecule has 0 N–H and O–H groups in total. The minimum absolute atomic E-state index is 0.154. The molecule has 0 atom stereocenters. The number of hydrogen-bond donors (Lipinski definition) is 0. The molecule has 2 aromatic carbocycles. The van der Waals surface area contributed by atoms with E-state index in [0.717, 1.165) is 11.8 Å². The summed E-state index contributed by atoms with van der Waals surface area (Å²) in [6, 6.07) is 10.3. The number of aromatic nitrogens is 2. The smallest absolute Gasteiger partial charge is 0.287 e. The fraction of sp³-hybridized carbons (Fsp3) is 0.292. The van der Waals surface area contributed by atoms with Crippen LogP contribution < -0.4 is 15.0 Å². The van der Waals surface area contributed by atoms with Crippen molar-refractivity contribution in [3.63, 3.8) is 0 Å². The Balaban J connectivity index is 1.61. The minimum Gasteiger partial charge on any atom is -0.491 e. The van der Waals surface area contributed by atoms with Gasteiger partial charge in [-0.25, -0.2) is 4.68 Å². The maximum absolute atomic E-state index is 12.5. The fourth-order valence-corrected chi connectivity index (χ4v) is 4.31. The quantitative estimate of drug-likeness (QED) is 0.200. The Morgan fingerprint density at radius 2 is 1.82 bits per heavy atom. The Morgan fingerprint density at radius 1 is 1.12 bits per heavy atom. The van der Waals surface area contributed by atoms with Crippen LogP contribution in [0.3, 0.4) is 0 Å². The van der Waals surface area contributed by atoms with E-state index in [1.165, 1.54) is 16.4 Å². The van der Waals surface area contributed by atoms with E-state index < -0.39 is 5.54 Å². The van der Waals surface area contributed by atoms with Gasteiger partial charge in [-0.1, -0.05) is 23.2 Å². The Kier molecular flexibility index (Phi) is 8.10. The van der Waals surface area contributed by atoms with E-state index in [1.807, 2.05) is 33.8 Å². The van der Waals surface area contributed by atoms with Gasteiger partial charge in [-0.3, -0.25) is 9.59 Å². The molecule has 6 nitrogen and oxygen atoms in total. The zero-order valence-corrected chi connectivity index (χ0v) is 21.1. The van der Waals surface area contributed by atoms with Crippen LogP contribution in [0.25, 0.3) is 0 Å². The minimum atomic E-state index is -0.448. The number of ether oxygens (including phenoxy) is 2. The van der Waals surface area contributed by atoms with Gasteiger partial charge in [-0.15, -0.1) is 11.8 Å². The van der Waals surface area contributed by atoms with E-state index in [-0.39, 0.29) is 10.6 Å². The molecule has 0 aliphatic heterocycles. The number of thioether (sulfide) groups is 1. The third-order valence-electron chi connectivity index (χ3n) is 4.56. The summed E-state index contributed by atoms with van der Waals surface area (Å²) in [5.74, 6) is 2.28. The van der Waals surface area contributed by atoms with Gasteiger partial charge >= 0.3 is 0 Å². The number of carbonyl (C=O) groups is 1. The lowest BCUT2D eigenvalue weighted by molar-refractivity contribution is 0.112. The van der Waals surface area contributed by atoms with Crippen LogP contribution in [0.4, 0.5) is 0 Å². The van der Waals surface area contributed by atoms with Crippen LogP contribution in [0.1, 0.15) is 36.7 Å². The Morgan fingerprint density at radius 3 is 2.42 bits per heavy atom. The third-order valence-corrected chi connectivity index (χ3v) is 6.31. The van der Waals surface area contributed by atoms with Crippen molar-refractivity contribution in [2.24, 2.45) is 0 Å². The number of carbonyl (C=O) groups excluding carboxylic acids is 1. The SMILES string of the molecule is Cc1cc(Oc2ccc(C=O)cc2)cc(Cl)c1OCCSc1cnn(C(C)(C)C)c(=O)c1Cl. The first-order valence-electron chi connectivity index (χ1n) is 10.2. The number of nitrogens with zero attached hydrogens (tertiary/aromatic N) is 2. The highest BCUT2D eigenvalue weighted by atomic mass is 35.5. The van der Waals surface area contributed by atoms with Gasteiger partial charge in [0, 0.05) is 17.4 Å². The van der Waals surface area contributed by atoms with Crippen molar-refractivity contribution >= 4 is 41.2 Å². The van der Waals surface area contributed by atoms with Gasteiger partial charge in [0.25, 0.3) is 5.56 Å². The summed E-state index contributed by atoms with van der Waals surface area (Å²) in [5.41, 5.74) is 0.631. The van der Waals surface area contributed by atoms with Crippen LogP contribution in [-0.4, -0.2) is 28.4 Å². The van der Waals surface area contributed by atoms with Gasteiger partial charge in [-0.05, 0) is 63.6 Å². The molecule has 0 saturated carbocycles. The summed E-state index contributed by atoms with van der Waals surface area (Å²) in [7, 11) is 0. The second-order valence-corrected chi connectivity index (χ2v) is 10.2. The summed E-state index contributed by atoms with van der Waals surface area (Å²) in [6.45, 7) is 7.92. The number of aryl methyl sites for hydroxylation is 1. The summed E-state index contributed by atoms with van der Waals surface area (Å²) >= 11 is 14.1. The third kappa shape index (κ3) is 6.31. The largest absolute Gasteiger partial charge is 0.491 e. The second-order valence-electron chi connectivity index (χ2n) is 8.25. The van der Waals surface area contributed by atoms with Crippen LogP contribution in [-0.2, 0) is 5.54 Å². The molecule has 0 fully saturated rings. The summed E-state index contributed by atoms with van der Waals surface area (Å²) in [5, 5.41) is 4.81. The second kappa shape index (κ2) is 10.6. The van der Waals surface area contributed by atoms with Crippen LogP contribution in [0, 0.1) is 6.92 Å². The molecule has 3 rings (SSSR count). The van der Waals surface area contributed by atoms with Crippen molar-refractivity contribution in [2.75, 3.05) is 12.4 Å². The lowest BCUT2D eigenvalue weighted by Crippen LogP contribution is -2.36. The predicted molar refractivity (Wildman–Crippen MR) is 133 cm³/mol. The van der Waals surface area contributed by atoms with Crippen LogP contribution >= 0.6 is 35.0 Å². The topological polar surface area (TPSA) is 70.4 Å². The number of benzene rings is 2. The molecule has 0 unspecified atom stereocenters. The molecule has 0 saturated heterocycles. The van der Waals surface area contributed by atoms with Gasteiger partial charge in [0.05, 0.1) is 28.3 Å². The van der Waals surface area contributed by atoms with Gasteiger partial charge < -0.3 is 9.47 Å². The molecule has 0 bridgehead atoms. The number of aldehydes is 1. The predicted octanol–water partition coefficient (Wildman–Crippen LogP) is 6.39. The first-order chi connectivity index (χ1) is 15.6. The molecule has 0 radical (unpaired) electrons. The molecule has 9 heteroatoms. The molecule has 0 aliphatic rings. The van der Waals surface area contributed by atoms with Gasteiger partial charge in [-0.2, -0.15) is 5.10 Å². The first-order valence-corrected chi connectivity index (χ1v) is 11.9. The monoisotopic (exact) mass is 506 g/mol. The van der Waals surface area contributed by atoms with Gasteiger partial charge in [0.1, 0.15) is 28.6 Å². The summed E-state index contributed by atoms with van der Waals surface area (Å²) < 4.78 is 13.1. The van der Waals surface area contributed by atoms with E-state index >= 15 is 0 Å². The number of rotatable bonds is 8. The normalized spacial score (nSPS) is 11.3. The molecular formula is C24H24Cl2N2O4S. The van der Waals surface area contributed by atoms with Crippen molar-refractivity contribution in [2.45, 2.75) is 38.1 Å². The Labute approximate surface area is 206 Å². The molecule has 33 heavy (non-hydrogen) atoms. The van der Waals surface area contributed by atoms with E-state index in [2.05, 4.69) is 5.10 Å². The maximum atomic E-state index is 12.5. The lowest BCUT2D eigenvalue weighted by atomic mass is 10.1. The molecule has 1 aromatic heterocycles. The maximum Gasteiger partial charge on any atom is 0.287 e. The number of halogens is 2.